The maximum Gasteiger partial charge on any atom is 0.242 e. The summed E-state index contributed by atoms with van der Waals surface area (Å²) < 4.78 is 16.3. The molecule has 7 nitrogen and oxygen atoms in total. The molecule has 0 atom stereocenters. The third-order valence-electron chi connectivity index (χ3n) is 5.33. The molecule has 2 aromatic rings. The van der Waals surface area contributed by atoms with Gasteiger partial charge < -0.3 is 23.7 Å². The van der Waals surface area contributed by atoms with Crippen molar-refractivity contribution in [1.29, 1.82) is 0 Å². The van der Waals surface area contributed by atoms with Crippen LogP contribution in [0.4, 0.5) is 0 Å². The zero-order valence-electron chi connectivity index (χ0n) is 18.6. The standard InChI is InChI=1S/C24H32N2O5/c1-4-5-6-9-23(27)26(18(2)3)16-24(28)25(15-20-8-7-12-29-20)14-19-10-11-21-22(13-19)31-17-30-21/h7-8,10-13,18H,4-6,9,14-17H2,1-3H3. The third-order valence-corrected chi connectivity index (χ3v) is 5.33. The van der Waals surface area contributed by atoms with E-state index in [4.69, 9.17) is 13.9 Å². The van der Waals surface area contributed by atoms with Crippen molar-refractivity contribution in [1.82, 2.24) is 9.80 Å². The summed E-state index contributed by atoms with van der Waals surface area (Å²) >= 11 is 0. The van der Waals surface area contributed by atoms with E-state index < -0.39 is 0 Å². The minimum Gasteiger partial charge on any atom is -0.467 e. The molecule has 0 aliphatic carbocycles. The fourth-order valence-electron chi connectivity index (χ4n) is 3.56. The lowest BCUT2D eigenvalue weighted by molar-refractivity contribution is -0.142. The van der Waals surface area contributed by atoms with Crippen LogP contribution in [-0.2, 0) is 22.7 Å². The molecule has 0 saturated carbocycles. The molecule has 1 aliphatic rings. The first-order valence-electron chi connectivity index (χ1n) is 11.0. The van der Waals surface area contributed by atoms with Crippen molar-refractivity contribution in [2.75, 3.05) is 13.3 Å². The van der Waals surface area contributed by atoms with Crippen LogP contribution in [-0.4, -0.2) is 41.0 Å². The predicted octanol–water partition coefficient (Wildman–Crippen LogP) is 4.35. The first-order chi connectivity index (χ1) is 15.0. The zero-order valence-corrected chi connectivity index (χ0v) is 18.6. The Morgan fingerprint density at radius 2 is 1.84 bits per heavy atom. The molecule has 0 bridgehead atoms. The van der Waals surface area contributed by atoms with E-state index in [9.17, 15) is 9.59 Å². The van der Waals surface area contributed by atoms with Crippen molar-refractivity contribution in [2.24, 2.45) is 0 Å². The molecule has 1 aliphatic heterocycles. The van der Waals surface area contributed by atoms with Crippen molar-refractivity contribution < 1.29 is 23.5 Å². The molecule has 1 aromatic carbocycles. The summed E-state index contributed by atoms with van der Waals surface area (Å²) in [4.78, 5) is 29.4. The number of ether oxygens (including phenoxy) is 2. The van der Waals surface area contributed by atoms with Crippen LogP contribution in [0.2, 0.25) is 0 Å². The van der Waals surface area contributed by atoms with Gasteiger partial charge in [0.2, 0.25) is 18.6 Å². The second-order valence-electron chi connectivity index (χ2n) is 8.09. The molecule has 2 heterocycles. The Morgan fingerprint density at radius 3 is 2.55 bits per heavy atom. The lowest BCUT2D eigenvalue weighted by Crippen LogP contribution is -2.45. The normalized spacial score (nSPS) is 12.3. The highest BCUT2D eigenvalue weighted by molar-refractivity contribution is 5.85. The lowest BCUT2D eigenvalue weighted by Gasteiger charge is -2.30. The summed E-state index contributed by atoms with van der Waals surface area (Å²) in [6.07, 6.45) is 4.98. The highest BCUT2D eigenvalue weighted by Crippen LogP contribution is 2.33. The van der Waals surface area contributed by atoms with E-state index in [1.54, 1.807) is 22.1 Å². The Bertz CT molecular complexity index is 863. The predicted molar refractivity (Wildman–Crippen MR) is 117 cm³/mol. The Kier molecular flexibility index (Phi) is 7.98. The molecule has 2 amide bonds. The van der Waals surface area contributed by atoms with Gasteiger partial charge in [-0.25, -0.2) is 0 Å². The molecule has 31 heavy (non-hydrogen) atoms. The summed E-state index contributed by atoms with van der Waals surface area (Å²) in [5, 5.41) is 0. The van der Waals surface area contributed by atoms with Crippen molar-refractivity contribution in [2.45, 2.75) is 65.6 Å². The molecule has 0 N–H and O–H groups in total. The van der Waals surface area contributed by atoms with E-state index in [2.05, 4.69) is 6.92 Å². The van der Waals surface area contributed by atoms with E-state index in [0.29, 0.717) is 36.8 Å². The van der Waals surface area contributed by atoms with Gasteiger partial charge in [-0.3, -0.25) is 9.59 Å². The first-order valence-corrected chi connectivity index (χ1v) is 11.0. The third kappa shape index (κ3) is 6.26. The van der Waals surface area contributed by atoms with E-state index in [0.717, 1.165) is 24.8 Å². The average molecular weight is 429 g/mol. The smallest absolute Gasteiger partial charge is 0.242 e. The van der Waals surface area contributed by atoms with Gasteiger partial charge in [0, 0.05) is 19.0 Å². The molecule has 0 spiro atoms. The number of fused-ring (bicyclic) bond motifs is 1. The topological polar surface area (TPSA) is 72.2 Å². The number of nitrogens with zero attached hydrogens (tertiary/aromatic N) is 2. The number of benzene rings is 1. The minimum absolute atomic E-state index is 0.0258. The molecule has 168 valence electrons. The van der Waals surface area contributed by atoms with Gasteiger partial charge >= 0.3 is 0 Å². The highest BCUT2D eigenvalue weighted by atomic mass is 16.7. The first kappa shape index (κ1) is 22.7. The van der Waals surface area contributed by atoms with Crippen LogP contribution in [0, 0.1) is 0 Å². The van der Waals surface area contributed by atoms with E-state index in [1.165, 1.54) is 0 Å². The maximum absolute atomic E-state index is 13.3. The Balaban J connectivity index is 1.72. The molecule has 0 saturated heterocycles. The number of carbonyl (C=O) groups is 2. The SMILES string of the molecule is CCCCCC(=O)N(CC(=O)N(Cc1ccc2c(c1)OCO2)Cc1ccco1)C(C)C. The Hall–Kier alpha value is -2.96. The van der Waals surface area contributed by atoms with E-state index in [1.807, 2.05) is 38.1 Å². The highest BCUT2D eigenvalue weighted by Gasteiger charge is 2.24. The number of carbonyl (C=O) groups excluding carboxylic acids is 2. The van der Waals surface area contributed by atoms with Crippen LogP contribution in [0.3, 0.4) is 0 Å². The van der Waals surface area contributed by atoms with E-state index >= 15 is 0 Å². The van der Waals surface area contributed by atoms with Gasteiger partial charge in [-0.1, -0.05) is 25.8 Å². The number of rotatable bonds is 11. The molecule has 1 aromatic heterocycles. The largest absolute Gasteiger partial charge is 0.467 e. The number of hydrogen-bond donors (Lipinski definition) is 0. The summed E-state index contributed by atoms with van der Waals surface area (Å²) in [5.74, 6) is 1.98. The van der Waals surface area contributed by atoms with E-state index in [-0.39, 0.29) is 31.2 Å². The van der Waals surface area contributed by atoms with Crippen LogP contribution in [0.15, 0.2) is 41.0 Å². The van der Waals surface area contributed by atoms with Gasteiger partial charge in [0.05, 0.1) is 19.4 Å². The van der Waals surface area contributed by atoms with Gasteiger partial charge in [-0.15, -0.1) is 0 Å². The van der Waals surface area contributed by atoms with Crippen molar-refractivity contribution in [3.8, 4) is 11.5 Å². The summed E-state index contributed by atoms with van der Waals surface area (Å²) in [5.41, 5.74) is 0.925. The maximum atomic E-state index is 13.3. The molecular formula is C24H32N2O5. The summed E-state index contributed by atoms with van der Waals surface area (Å²) in [6, 6.07) is 9.26. The fraction of sp³-hybridized carbons (Fsp3) is 0.500. The Morgan fingerprint density at radius 1 is 1.03 bits per heavy atom. The minimum atomic E-state index is -0.119. The van der Waals surface area contributed by atoms with Crippen molar-refractivity contribution >= 4 is 11.8 Å². The molecule has 7 heteroatoms. The van der Waals surface area contributed by atoms with Gasteiger partial charge in [-0.2, -0.15) is 0 Å². The molecule has 0 fully saturated rings. The van der Waals surface area contributed by atoms with Gasteiger partial charge in [0.15, 0.2) is 11.5 Å². The van der Waals surface area contributed by atoms with Crippen molar-refractivity contribution in [3.05, 3.63) is 47.9 Å². The van der Waals surface area contributed by atoms with Crippen LogP contribution in [0.25, 0.3) is 0 Å². The fourth-order valence-corrected chi connectivity index (χ4v) is 3.56. The lowest BCUT2D eigenvalue weighted by atomic mass is 10.1. The van der Waals surface area contributed by atoms with Crippen LogP contribution < -0.4 is 9.47 Å². The van der Waals surface area contributed by atoms with Gasteiger partial charge in [-0.05, 0) is 50.1 Å². The van der Waals surface area contributed by atoms with Crippen LogP contribution >= 0.6 is 0 Å². The summed E-state index contributed by atoms with van der Waals surface area (Å²) in [6.45, 7) is 6.96. The number of unbranched alkanes of at least 4 members (excludes halogenated alkanes) is 2. The number of amides is 2. The average Bonchev–Trinajstić information content (AvgIpc) is 3.42. The van der Waals surface area contributed by atoms with Gasteiger partial charge in [0.25, 0.3) is 0 Å². The zero-order chi connectivity index (χ0) is 22.2. The summed E-state index contributed by atoms with van der Waals surface area (Å²) in [7, 11) is 0. The van der Waals surface area contributed by atoms with Crippen LogP contribution in [0.5, 0.6) is 11.5 Å². The Labute approximate surface area is 183 Å². The quantitative estimate of drug-likeness (QED) is 0.498. The molecule has 0 radical (unpaired) electrons. The van der Waals surface area contributed by atoms with Crippen LogP contribution in [0.1, 0.15) is 57.8 Å². The molecular weight excluding hydrogens is 396 g/mol. The second-order valence-corrected chi connectivity index (χ2v) is 8.09. The number of hydrogen-bond acceptors (Lipinski definition) is 5. The van der Waals surface area contributed by atoms with Crippen molar-refractivity contribution in [3.63, 3.8) is 0 Å². The molecule has 3 rings (SSSR count). The second kappa shape index (κ2) is 10.9. The monoisotopic (exact) mass is 428 g/mol. The van der Waals surface area contributed by atoms with Gasteiger partial charge in [0.1, 0.15) is 5.76 Å². The number of furan rings is 1. The molecule has 0 unspecified atom stereocenters.